The van der Waals surface area contributed by atoms with Gasteiger partial charge in [-0.1, -0.05) is 25.7 Å². The minimum absolute atomic E-state index is 0.334. The highest BCUT2D eigenvalue weighted by atomic mass is 16.5. The van der Waals surface area contributed by atoms with Crippen LogP contribution in [0.15, 0.2) is 39.5 Å². The predicted octanol–water partition coefficient (Wildman–Crippen LogP) is 2.83. The van der Waals surface area contributed by atoms with Crippen LogP contribution in [0.2, 0.25) is 0 Å². The molecule has 0 atom stereocenters. The zero-order valence-corrected chi connectivity index (χ0v) is 10.4. The number of ether oxygens (including phenoxy) is 1. The Bertz CT molecular complexity index is 656. The summed E-state index contributed by atoms with van der Waals surface area (Å²) in [5.74, 6) is 6.93. The average molecular weight is 242 g/mol. The van der Waals surface area contributed by atoms with Gasteiger partial charge in [-0.3, -0.25) is 0 Å². The van der Waals surface area contributed by atoms with Gasteiger partial charge in [0.15, 0.2) is 0 Å². The molecule has 0 bridgehead atoms. The Hall–Kier alpha value is -2.21. The van der Waals surface area contributed by atoms with E-state index in [0.717, 1.165) is 5.39 Å². The first-order chi connectivity index (χ1) is 8.65. The summed E-state index contributed by atoms with van der Waals surface area (Å²) in [5, 5.41) is 0.871. The van der Waals surface area contributed by atoms with Crippen LogP contribution in [0, 0.1) is 17.8 Å². The summed E-state index contributed by atoms with van der Waals surface area (Å²) in [4.78, 5) is 11.1. The summed E-state index contributed by atoms with van der Waals surface area (Å²) in [6.45, 7) is 4.39. The lowest BCUT2D eigenvalue weighted by atomic mass is 10.2. The summed E-state index contributed by atoms with van der Waals surface area (Å²) in [6, 6.07) is 8.51. The summed E-state index contributed by atoms with van der Waals surface area (Å²) in [7, 11) is 0. The van der Waals surface area contributed by atoms with Crippen LogP contribution in [-0.4, -0.2) is 6.61 Å². The fraction of sp³-hybridized carbons (Fsp3) is 0.267. The van der Waals surface area contributed by atoms with Crippen LogP contribution in [0.5, 0.6) is 5.75 Å². The molecule has 0 saturated carbocycles. The fourth-order valence-electron chi connectivity index (χ4n) is 1.50. The van der Waals surface area contributed by atoms with Crippen LogP contribution >= 0.6 is 0 Å². The third-order valence-corrected chi connectivity index (χ3v) is 2.30. The second-order valence-corrected chi connectivity index (χ2v) is 4.22. The van der Waals surface area contributed by atoms with E-state index in [1.54, 1.807) is 12.1 Å². The first-order valence-electron chi connectivity index (χ1n) is 5.80. The molecule has 0 amide bonds. The number of benzene rings is 1. The molecule has 1 aromatic carbocycles. The van der Waals surface area contributed by atoms with Gasteiger partial charge >= 0.3 is 5.63 Å². The maximum Gasteiger partial charge on any atom is 0.336 e. The lowest BCUT2D eigenvalue weighted by molar-refractivity contribution is 0.369. The molecule has 1 heterocycles. The molecule has 0 unspecified atom stereocenters. The second-order valence-electron chi connectivity index (χ2n) is 4.22. The van der Waals surface area contributed by atoms with Gasteiger partial charge in [-0.05, 0) is 18.2 Å². The van der Waals surface area contributed by atoms with Gasteiger partial charge in [-0.2, -0.15) is 0 Å². The number of hydrogen-bond donors (Lipinski definition) is 0. The quantitative estimate of drug-likeness (QED) is 0.600. The van der Waals surface area contributed by atoms with Gasteiger partial charge in [0.2, 0.25) is 0 Å². The van der Waals surface area contributed by atoms with E-state index in [9.17, 15) is 4.79 Å². The monoisotopic (exact) mass is 242 g/mol. The van der Waals surface area contributed by atoms with Crippen molar-refractivity contribution in [3.05, 3.63) is 40.8 Å². The Morgan fingerprint density at radius 1 is 1.28 bits per heavy atom. The molecule has 2 rings (SSSR count). The van der Waals surface area contributed by atoms with Crippen molar-refractivity contribution < 1.29 is 9.15 Å². The molecule has 0 N–H and O–H groups in total. The molecule has 2 aromatic rings. The molecule has 3 nitrogen and oxygen atoms in total. The lowest BCUT2D eigenvalue weighted by Crippen LogP contribution is -1.97. The Morgan fingerprint density at radius 3 is 2.83 bits per heavy atom. The Balaban J connectivity index is 2.15. The molecule has 92 valence electrons. The average Bonchev–Trinajstić information content (AvgIpc) is 2.34. The highest BCUT2D eigenvalue weighted by Crippen LogP contribution is 2.19. The van der Waals surface area contributed by atoms with Crippen LogP contribution in [0.4, 0.5) is 0 Å². The third kappa shape index (κ3) is 3.14. The van der Waals surface area contributed by atoms with Crippen LogP contribution < -0.4 is 10.4 Å². The number of hydrogen-bond acceptors (Lipinski definition) is 3. The lowest BCUT2D eigenvalue weighted by Gasteiger charge is -2.02. The molecule has 18 heavy (non-hydrogen) atoms. The van der Waals surface area contributed by atoms with Gasteiger partial charge in [0.1, 0.15) is 17.9 Å². The van der Waals surface area contributed by atoms with Crippen LogP contribution in [0.25, 0.3) is 11.0 Å². The van der Waals surface area contributed by atoms with Crippen molar-refractivity contribution in [3.8, 4) is 17.6 Å². The summed E-state index contributed by atoms with van der Waals surface area (Å²) in [5.41, 5.74) is 0.163. The molecular formula is C15H14O3. The van der Waals surface area contributed by atoms with Gasteiger partial charge in [-0.25, -0.2) is 4.79 Å². The number of rotatable bonds is 2. The van der Waals surface area contributed by atoms with Gasteiger partial charge in [0.25, 0.3) is 0 Å². The van der Waals surface area contributed by atoms with E-state index in [0.29, 0.717) is 23.9 Å². The molecule has 0 aliphatic heterocycles. The van der Waals surface area contributed by atoms with Gasteiger partial charge in [-0.15, -0.1) is 0 Å². The molecular weight excluding hydrogens is 228 g/mol. The molecule has 3 heteroatoms. The molecule has 0 spiro atoms. The van der Waals surface area contributed by atoms with E-state index >= 15 is 0 Å². The van der Waals surface area contributed by atoms with Crippen molar-refractivity contribution in [2.45, 2.75) is 13.8 Å². The van der Waals surface area contributed by atoms with Crippen molar-refractivity contribution in [1.82, 2.24) is 0 Å². The van der Waals surface area contributed by atoms with E-state index in [1.165, 1.54) is 6.07 Å². The molecule has 0 fully saturated rings. The fourth-order valence-corrected chi connectivity index (χ4v) is 1.50. The van der Waals surface area contributed by atoms with Crippen molar-refractivity contribution in [1.29, 1.82) is 0 Å². The standard InChI is InChI=1S/C15H14O3/c1-11(2)4-3-9-17-13-7-5-12-6-8-15(16)18-14(12)10-13/h5-8,10-11H,9H2,1-2H3. The van der Waals surface area contributed by atoms with Crippen molar-refractivity contribution in [2.75, 3.05) is 6.61 Å². The maximum absolute atomic E-state index is 11.1. The minimum atomic E-state index is -0.362. The highest BCUT2D eigenvalue weighted by Gasteiger charge is 1.99. The topological polar surface area (TPSA) is 39.4 Å². The van der Waals surface area contributed by atoms with Crippen molar-refractivity contribution >= 4 is 11.0 Å². The zero-order chi connectivity index (χ0) is 13.0. The van der Waals surface area contributed by atoms with E-state index in [2.05, 4.69) is 11.8 Å². The van der Waals surface area contributed by atoms with Gasteiger partial charge in [0.05, 0.1) is 0 Å². The second kappa shape index (κ2) is 5.42. The summed E-state index contributed by atoms with van der Waals surface area (Å²) < 4.78 is 10.5. The molecule has 1 aromatic heterocycles. The van der Waals surface area contributed by atoms with Gasteiger partial charge < -0.3 is 9.15 Å². The van der Waals surface area contributed by atoms with Crippen molar-refractivity contribution in [3.63, 3.8) is 0 Å². The van der Waals surface area contributed by atoms with E-state index in [1.807, 2.05) is 26.0 Å². The van der Waals surface area contributed by atoms with Crippen LogP contribution in [0.1, 0.15) is 13.8 Å². The van der Waals surface area contributed by atoms with E-state index in [4.69, 9.17) is 9.15 Å². The summed E-state index contributed by atoms with van der Waals surface area (Å²) in [6.07, 6.45) is 0. The molecule has 0 radical (unpaired) electrons. The molecule has 0 aliphatic carbocycles. The SMILES string of the molecule is CC(C)C#CCOc1ccc2ccc(=O)oc2c1. The van der Waals surface area contributed by atoms with Gasteiger partial charge in [0, 0.05) is 23.4 Å². The maximum atomic E-state index is 11.1. The number of fused-ring (bicyclic) bond motifs is 1. The van der Waals surface area contributed by atoms with Crippen LogP contribution in [-0.2, 0) is 0 Å². The zero-order valence-electron chi connectivity index (χ0n) is 10.4. The van der Waals surface area contributed by atoms with Crippen LogP contribution in [0.3, 0.4) is 0 Å². The van der Waals surface area contributed by atoms with E-state index in [-0.39, 0.29) is 5.63 Å². The molecule has 0 aliphatic rings. The first-order valence-corrected chi connectivity index (χ1v) is 5.80. The Labute approximate surface area is 105 Å². The molecule has 0 saturated heterocycles. The largest absolute Gasteiger partial charge is 0.481 e. The van der Waals surface area contributed by atoms with E-state index < -0.39 is 0 Å². The normalized spacial score (nSPS) is 10.2. The third-order valence-electron chi connectivity index (χ3n) is 2.30. The smallest absolute Gasteiger partial charge is 0.336 e. The summed E-state index contributed by atoms with van der Waals surface area (Å²) >= 11 is 0. The first kappa shape index (κ1) is 12.3. The minimum Gasteiger partial charge on any atom is -0.481 e. The Kier molecular flexibility index (Phi) is 3.69. The van der Waals surface area contributed by atoms with Crippen molar-refractivity contribution in [2.24, 2.45) is 5.92 Å². The predicted molar refractivity (Wildman–Crippen MR) is 70.6 cm³/mol. The highest BCUT2D eigenvalue weighted by molar-refractivity contribution is 5.77. The Morgan fingerprint density at radius 2 is 2.06 bits per heavy atom.